The van der Waals surface area contributed by atoms with Crippen LogP contribution in [0, 0.1) is 11.8 Å². The van der Waals surface area contributed by atoms with Crippen molar-refractivity contribution in [3.8, 4) is 5.88 Å². The second-order valence-electron chi connectivity index (χ2n) is 4.88. The summed E-state index contributed by atoms with van der Waals surface area (Å²) < 4.78 is 4.94. The smallest absolute Gasteiger partial charge is 0.307 e. The van der Waals surface area contributed by atoms with Crippen LogP contribution in [0.3, 0.4) is 0 Å². The third kappa shape index (κ3) is 3.81. The predicted molar refractivity (Wildman–Crippen MR) is 75.3 cm³/mol. The van der Waals surface area contributed by atoms with Crippen LogP contribution in [-0.4, -0.2) is 34.1 Å². The second-order valence-corrected chi connectivity index (χ2v) is 5.27. The van der Waals surface area contributed by atoms with E-state index in [1.807, 2.05) is 0 Å². The summed E-state index contributed by atoms with van der Waals surface area (Å²) in [5, 5.41) is 11.9. The first-order chi connectivity index (χ1) is 10.0. The number of halogens is 1. The fourth-order valence-electron chi connectivity index (χ4n) is 2.50. The zero-order valence-corrected chi connectivity index (χ0v) is 12.3. The van der Waals surface area contributed by atoms with Gasteiger partial charge in [-0.15, -0.1) is 0 Å². The molecular formula is C13H16ClN3O4. The number of ether oxygens (including phenoxy) is 1. The van der Waals surface area contributed by atoms with Crippen LogP contribution < -0.4 is 10.1 Å². The number of carboxylic acids is 1. The van der Waals surface area contributed by atoms with Crippen LogP contribution in [0.15, 0.2) is 6.07 Å². The van der Waals surface area contributed by atoms with E-state index in [0.29, 0.717) is 12.8 Å². The number of carbonyl (C=O) groups excluding carboxylic acids is 1. The van der Waals surface area contributed by atoms with Crippen LogP contribution in [0.25, 0.3) is 0 Å². The van der Waals surface area contributed by atoms with E-state index in [4.69, 9.17) is 16.3 Å². The summed E-state index contributed by atoms with van der Waals surface area (Å²) in [5.41, 5.74) is 0. The molecule has 0 bridgehead atoms. The number of hydrogen-bond acceptors (Lipinski definition) is 5. The Morgan fingerprint density at radius 3 is 2.62 bits per heavy atom. The quantitative estimate of drug-likeness (QED) is 0.824. The van der Waals surface area contributed by atoms with Gasteiger partial charge in [0, 0.05) is 6.07 Å². The molecule has 1 saturated carbocycles. The molecule has 1 aliphatic carbocycles. The standard InChI is InChI=1S/C13H16ClN3O4/c1-21-10-6-9(14)15-13(16-10)17-11(18)7-4-2-3-5-8(7)12(19)20/h6-8H,2-5H2,1H3,(H,19,20)(H,15,16,17,18)/t7-,8+/m1/s1. The van der Waals surface area contributed by atoms with Crippen molar-refractivity contribution >= 4 is 29.4 Å². The van der Waals surface area contributed by atoms with Gasteiger partial charge in [0.05, 0.1) is 18.9 Å². The fourth-order valence-corrected chi connectivity index (χ4v) is 2.67. The van der Waals surface area contributed by atoms with Crippen molar-refractivity contribution in [1.82, 2.24) is 9.97 Å². The van der Waals surface area contributed by atoms with E-state index in [0.717, 1.165) is 12.8 Å². The summed E-state index contributed by atoms with van der Waals surface area (Å²) in [6.45, 7) is 0. The van der Waals surface area contributed by atoms with Gasteiger partial charge in [0.2, 0.25) is 17.7 Å². The molecule has 1 aromatic heterocycles. The number of hydrogen-bond donors (Lipinski definition) is 2. The van der Waals surface area contributed by atoms with Crippen LogP contribution in [0.2, 0.25) is 5.15 Å². The molecule has 0 saturated heterocycles. The summed E-state index contributed by atoms with van der Waals surface area (Å²) >= 11 is 5.80. The van der Waals surface area contributed by atoms with Crippen LogP contribution in [-0.2, 0) is 9.59 Å². The summed E-state index contributed by atoms with van der Waals surface area (Å²) in [7, 11) is 1.42. The van der Waals surface area contributed by atoms with Crippen molar-refractivity contribution in [2.24, 2.45) is 11.8 Å². The van der Waals surface area contributed by atoms with E-state index in [1.54, 1.807) is 0 Å². The minimum Gasteiger partial charge on any atom is -0.481 e. The summed E-state index contributed by atoms with van der Waals surface area (Å²) in [6.07, 6.45) is 2.71. The number of carbonyl (C=O) groups is 2. The molecule has 114 valence electrons. The Labute approximate surface area is 126 Å². The highest BCUT2D eigenvalue weighted by atomic mass is 35.5. The first kappa shape index (κ1) is 15.5. The summed E-state index contributed by atoms with van der Waals surface area (Å²) in [6, 6.07) is 1.41. The predicted octanol–water partition coefficient (Wildman–Crippen LogP) is 1.97. The van der Waals surface area contributed by atoms with E-state index in [1.165, 1.54) is 13.2 Å². The number of carboxylic acid groups (broad SMARTS) is 1. The van der Waals surface area contributed by atoms with E-state index < -0.39 is 23.7 Å². The molecule has 0 radical (unpaired) electrons. The van der Waals surface area contributed by atoms with Crippen molar-refractivity contribution in [1.29, 1.82) is 0 Å². The van der Waals surface area contributed by atoms with Crippen LogP contribution in [0.5, 0.6) is 5.88 Å². The molecule has 0 spiro atoms. The van der Waals surface area contributed by atoms with Gasteiger partial charge in [-0.3, -0.25) is 14.9 Å². The highest BCUT2D eigenvalue weighted by Crippen LogP contribution is 2.31. The SMILES string of the molecule is COc1cc(Cl)nc(NC(=O)[C@@H]2CCCC[C@@H]2C(=O)O)n1. The Bertz CT molecular complexity index is 552. The van der Waals surface area contributed by atoms with E-state index in [9.17, 15) is 14.7 Å². The number of nitrogens with zero attached hydrogens (tertiary/aromatic N) is 2. The lowest BCUT2D eigenvalue weighted by molar-refractivity contribution is -0.147. The van der Waals surface area contributed by atoms with E-state index in [2.05, 4.69) is 15.3 Å². The number of methoxy groups -OCH3 is 1. The largest absolute Gasteiger partial charge is 0.481 e. The number of rotatable bonds is 4. The zero-order chi connectivity index (χ0) is 15.4. The summed E-state index contributed by atoms with van der Waals surface area (Å²) in [4.78, 5) is 31.3. The molecule has 1 aliphatic rings. The van der Waals surface area contributed by atoms with Crippen LogP contribution >= 0.6 is 11.6 Å². The van der Waals surface area contributed by atoms with Crippen LogP contribution in [0.1, 0.15) is 25.7 Å². The maximum absolute atomic E-state index is 12.3. The van der Waals surface area contributed by atoms with Gasteiger partial charge in [0.1, 0.15) is 5.15 Å². The average molecular weight is 314 g/mol. The fraction of sp³-hybridized carbons (Fsp3) is 0.538. The molecule has 7 nitrogen and oxygen atoms in total. The van der Waals surface area contributed by atoms with Crippen molar-refractivity contribution in [3.05, 3.63) is 11.2 Å². The molecule has 0 aromatic carbocycles. The van der Waals surface area contributed by atoms with Crippen molar-refractivity contribution < 1.29 is 19.4 Å². The van der Waals surface area contributed by atoms with Gasteiger partial charge < -0.3 is 9.84 Å². The minimum absolute atomic E-state index is 0.0130. The molecule has 8 heteroatoms. The van der Waals surface area contributed by atoms with E-state index >= 15 is 0 Å². The molecule has 2 N–H and O–H groups in total. The molecule has 2 rings (SSSR count). The topological polar surface area (TPSA) is 101 Å². The highest BCUT2D eigenvalue weighted by molar-refractivity contribution is 6.29. The normalized spacial score (nSPS) is 21.6. The molecular weight excluding hydrogens is 298 g/mol. The van der Waals surface area contributed by atoms with Gasteiger partial charge in [-0.05, 0) is 12.8 Å². The number of aromatic nitrogens is 2. The lowest BCUT2D eigenvalue weighted by atomic mass is 9.79. The molecule has 1 aromatic rings. The molecule has 2 atom stereocenters. The Morgan fingerprint density at radius 2 is 2.00 bits per heavy atom. The Balaban J connectivity index is 2.13. The molecule has 1 heterocycles. The van der Waals surface area contributed by atoms with Gasteiger partial charge in [-0.25, -0.2) is 4.98 Å². The number of amides is 1. The highest BCUT2D eigenvalue weighted by Gasteiger charge is 2.36. The maximum Gasteiger partial charge on any atom is 0.307 e. The number of aliphatic carboxylic acids is 1. The first-order valence-corrected chi connectivity index (χ1v) is 7.01. The Hall–Kier alpha value is -1.89. The average Bonchev–Trinajstić information content (AvgIpc) is 2.46. The van der Waals surface area contributed by atoms with Gasteiger partial charge >= 0.3 is 5.97 Å². The van der Waals surface area contributed by atoms with Crippen molar-refractivity contribution in [2.45, 2.75) is 25.7 Å². The lowest BCUT2D eigenvalue weighted by Crippen LogP contribution is -2.36. The van der Waals surface area contributed by atoms with Crippen LogP contribution in [0.4, 0.5) is 5.95 Å². The lowest BCUT2D eigenvalue weighted by Gasteiger charge is -2.27. The molecule has 1 fully saturated rings. The van der Waals surface area contributed by atoms with Crippen molar-refractivity contribution in [3.63, 3.8) is 0 Å². The Morgan fingerprint density at radius 1 is 1.33 bits per heavy atom. The third-order valence-electron chi connectivity index (χ3n) is 3.54. The Kier molecular flexibility index (Phi) is 4.95. The number of anilines is 1. The number of nitrogens with one attached hydrogen (secondary N) is 1. The molecule has 21 heavy (non-hydrogen) atoms. The van der Waals surface area contributed by atoms with Gasteiger partial charge in [0.15, 0.2) is 0 Å². The van der Waals surface area contributed by atoms with Gasteiger partial charge in [-0.1, -0.05) is 24.4 Å². The second kappa shape index (κ2) is 6.71. The van der Waals surface area contributed by atoms with E-state index in [-0.39, 0.29) is 17.0 Å². The monoisotopic (exact) mass is 313 g/mol. The molecule has 0 aliphatic heterocycles. The zero-order valence-electron chi connectivity index (χ0n) is 11.5. The van der Waals surface area contributed by atoms with Gasteiger partial charge in [-0.2, -0.15) is 4.98 Å². The minimum atomic E-state index is -0.945. The van der Waals surface area contributed by atoms with Gasteiger partial charge in [0.25, 0.3) is 0 Å². The summed E-state index contributed by atoms with van der Waals surface area (Å²) in [5.74, 6) is -2.35. The van der Waals surface area contributed by atoms with Crippen molar-refractivity contribution in [2.75, 3.05) is 12.4 Å². The molecule has 1 amide bonds. The first-order valence-electron chi connectivity index (χ1n) is 6.63. The molecule has 0 unspecified atom stereocenters. The maximum atomic E-state index is 12.3. The third-order valence-corrected chi connectivity index (χ3v) is 3.73.